The van der Waals surface area contributed by atoms with Crippen LogP contribution in [0.25, 0.3) is 11.4 Å². The largest absolute Gasteiger partial charge is 0.373 e. The predicted octanol–water partition coefficient (Wildman–Crippen LogP) is 4.13. The van der Waals surface area contributed by atoms with Gasteiger partial charge in [0.15, 0.2) is 5.82 Å². The van der Waals surface area contributed by atoms with Crippen molar-refractivity contribution < 1.29 is 0 Å². The molecule has 0 unspecified atom stereocenters. The van der Waals surface area contributed by atoms with E-state index in [1.54, 1.807) is 0 Å². The van der Waals surface area contributed by atoms with Gasteiger partial charge in [-0.2, -0.15) is 0 Å². The monoisotopic (exact) mass is 319 g/mol. The fraction of sp³-hybridized carbons (Fsp3) is 0.333. The number of halogens is 1. The lowest BCUT2D eigenvalue weighted by molar-refractivity contribution is 0.977. The molecule has 0 spiro atoms. The summed E-state index contributed by atoms with van der Waals surface area (Å²) in [6.07, 6.45) is 0.908. The number of aromatic nitrogens is 2. The molecule has 1 aromatic carbocycles. The molecular weight excluding hydrogens is 302 g/mol. The third-order valence-corrected chi connectivity index (χ3v) is 4.12. The Labute approximate surface area is 122 Å². The van der Waals surface area contributed by atoms with Crippen LogP contribution in [0.4, 0.5) is 5.82 Å². The Morgan fingerprint density at radius 3 is 2.53 bits per heavy atom. The highest BCUT2D eigenvalue weighted by molar-refractivity contribution is 9.10. The van der Waals surface area contributed by atoms with E-state index in [0.717, 1.165) is 39.4 Å². The summed E-state index contributed by atoms with van der Waals surface area (Å²) in [5, 5.41) is 3.15. The summed E-state index contributed by atoms with van der Waals surface area (Å²) in [5.74, 6) is 1.69. The van der Waals surface area contributed by atoms with Crippen LogP contribution in [0, 0.1) is 13.8 Å². The third kappa shape index (κ3) is 2.78. The molecule has 0 radical (unpaired) electrons. The molecule has 2 aromatic rings. The van der Waals surface area contributed by atoms with Gasteiger partial charge in [-0.25, -0.2) is 9.97 Å². The van der Waals surface area contributed by atoms with Gasteiger partial charge in [-0.05, 0) is 38.0 Å². The van der Waals surface area contributed by atoms with E-state index in [9.17, 15) is 0 Å². The van der Waals surface area contributed by atoms with Gasteiger partial charge in [0.05, 0.1) is 0 Å². The second-order valence-electron chi connectivity index (χ2n) is 4.54. The molecule has 1 N–H and O–H groups in total. The summed E-state index contributed by atoms with van der Waals surface area (Å²) >= 11 is 3.52. The van der Waals surface area contributed by atoms with Gasteiger partial charge < -0.3 is 5.32 Å². The number of hydrogen-bond acceptors (Lipinski definition) is 3. The van der Waals surface area contributed by atoms with Crippen molar-refractivity contribution in [1.29, 1.82) is 0 Å². The van der Waals surface area contributed by atoms with Gasteiger partial charge in [0, 0.05) is 28.3 Å². The van der Waals surface area contributed by atoms with Crippen molar-refractivity contribution in [1.82, 2.24) is 9.97 Å². The van der Waals surface area contributed by atoms with Crippen molar-refractivity contribution in [3.8, 4) is 11.4 Å². The summed E-state index contributed by atoms with van der Waals surface area (Å²) in [7, 11) is 1.89. The van der Waals surface area contributed by atoms with Crippen molar-refractivity contribution in [2.24, 2.45) is 0 Å². The molecule has 19 heavy (non-hydrogen) atoms. The maximum Gasteiger partial charge on any atom is 0.161 e. The summed E-state index contributed by atoms with van der Waals surface area (Å²) in [4.78, 5) is 9.28. The number of rotatable bonds is 3. The highest BCUT2D eigenvalue weighted by Gasteiger charge is 2.10. The van der Waals surface area contributed by atoms with Gasteiger partial charge in [-0.3, -0.25) is 0 Å². The first-order valence-electron chi connectivity index (χ1n) is 6.38. The summed E-state index contributed by atoms with van der Waals surface area (Å²) in [6.45, 7) is 6.24. The van der Waals surface area contributed by atoms with E-state index in [1.807, 2.05) is 19.2 Å². The number of nitrogens with one attached hydrogen (secondary N) is 1. The standard InChI is InChI=1S/C15H18BrN3/c1-5-13-10(3)14(17-4)19-15(18-13)11-6-7-12(16)9(2)8-11/h6-8H,5H2,1-4H3,(H,17,18,19). The zero-order valence-electron chi connectivity index (χ0n) is 11.7. The molecule has 0 atom stereocenters. The van der Waals surface area contributed by atoms with Crippen LogP contribution < -0.4 is 5.32 Å². The summed E-state index contributed by atoms with van der Waals surface area (Å²) in [5.41, 5.74) is 4.45. The molecule has 100 valence electrons. The lowest BCUT2D eigenvalue weighted by Crippen LogP contribution is -2.04. The van der Waals surface area contributed by atoms with Gasteiger partial charge >= 0.3 is 0 Å². The fourth-order valence-electron chi connectivity index (χ4n) is 2.06. The van der Waals surface area contributed by atoms with E-state index in [4.69, 9.17) is 0 Å². The Morgan fingerprint density at radius 2 is 1.95 bits per heavy atom. The maximum absolute atomic E-state index is 4.67. The number of anilines is 1. The molecule has 0 aliphatic rings. The molecule has 4 heteroatoms. The average Bonchev–Trinajstić information content (AvgIpc) is 2.42. The van der Waals surface area contributed by atoms with Gasteiger partial charge in [0.2, 0.25) is 0 Å². The van der Waals surface area contributed by atoms with Gasteiger partial charge in [-0.15, -0.1) is 0 Å². The van der Waals surface area contributed by atoms with Gasteiger partial charge in [0.1, 0.15) is 5.82 Å². The second kappa shape index (κ2) is 5.70. The van der Waals surface area contributed by atoms with Crippen LogP contribution in [0.1, 0.15) is 23.7 Å². The molecule has 0 bridgehead atoms. The van der Waals surface area contributed by atoms with Crippen molar-refractivity contribution in [3.63, 3.8) is 0 Å². The smallest absolute Gasteiger partial charge is 0.161 e. The zero-order valence-corrected chi connectivity index (χ0v) is 13.3. The Balaban J connectivity index is 2.58. The number of aryl methyl sites for hydroxylation is 2. The number of benzene rings is 1. The molecule has 0 amide bonds. The minimum absolute atomic E-state index is 0.780. The normalized spacial score (nSPS) is 10.6. The SMILES string of the molecule is CCc1nc(-c2ccc(Br)c(C)c2)nc(NC)c1C. The Bertz CT molecular complexity index is 583. The highest BCUT2D eigenvalue weighted by Crippen LogP contribution is 2.25. The molecule has 1 heterocycles. The molecule has 0 fully saturated rings. The van der Waals surface area contributed by atoms with Crippen molar-refractivity contribution in [3.05, 3.63) is 39.5 Å². The highest BCUT2D eigenvalue weighted by atomic mass is 79.9. The van der Waals surface area contributed by atoms with E-state index >= 15 is 0 Å². The third-order valence-electron chi connectivity index (χ3n) is 3.23. The Kier molecular flexibility index (Phi) is 4.20. The van der Waals surface area contributed by atoms with Crippen LogP contribution in [0.2, 0.25) is 0 Å². The molecule has 3 nitrogen and oxygen atoms in total. The first kappa shape index (κ1) is 14.0. The minimum atomic E-state index is 0.780. The van der Waals surface area contributed by atoms with Crippen LogP contribution in [0.3, 0.4) is 0 Å². The fourth-order valence-corrected chi connectivity index (χ4v) is 2.31. The minimum Gasteiger partial charge on any atom is -0.373 e. The quantitative estimate of drug-likeness (QED) is 0.924. The molecule has 0 aliphatic carbocycles. The lowest BCUT2D eigenvalue weighted by atomic mass is 10.1. The molecule has 0 saturated heterocycles. The molecule has 0 aliphatic heterocycles. The first-order chi connectivity index (χ1) is 9.06. The van der Waals surface area contributed by atoms with Crippen molar-refractivity contribution in [2.45, 2.75) is 27.2 Å². The van der Waals surface area contributed by atoms with E-state index < -0.39 is 0 Å². The topological polar surface area (TPSA) is 37.8 Å². The van der Waals surface area contributed by atoms with E-state index in [2.05, 4.69) is 58.1 Å². The lowest BCUT2D eigenvalue weighted by Gasteiger charge is -2.11. The molecular formula is C15H18BrN3. The molecule has 2 rings (SSSR count). The van der Waals surface area contributed by atoms with Crippen LogP contribution in [-0.2, 0) is 6.42 Å². The van der Waals surface area contributed by atoms with Gasteiger partial charge in [-0.1, -0.05) is 28.9 Å². The Morgan fingerprint density at radius 1 is 1.21 bits per heavy atom. The van der Waals surface area contributed by atoms with Gasteiger partial charge in [0.25, 0.3) is 0 Å². The predicted molar refractivity (Wildman–Crippen MR) is 83.6 cm³/mol. The zero-order chi connectivity index (χ0) is 14.0. The van der Waals surface area contributed by atoms with Crippen LogP contribution in [0.15, 0.2) is 22.7 Å². The van der Waals surface area contributed by atoms with Crippen molar-refractivity contribution in [2.75, 3.05) is 12.4 Å². The van der Waals surface area contributed by atoms with E-state index in [1.165, 1.54) is 5.56 Å². The van der Waals surface area contributed by atoms with Crippen LogP contribution in [0.5, 0.6) is 0 Å². The van der Waals surface area contributed by atoms with E-state index in [-0.39, 0.29) is 0 Å². The first-order valence-corrected chi connectivity index (χ1v) is 7.18. The van der Waals surface area contributed by atoms with Crippen LogP contribution >= 0.6 is 15.9 Å². The molecule has 0 saturated carbocycles. The average molecular weight is 320 g/mol. The number of nitrogens with zero attached hydrogens (tertiary/aromatic N) is 2. The number of hydrogen-bond donors (Lipinski definition) is 1. The summed E-state index contributed by atoms with van der Waals surface area (Å²) in [6, 6.07) is 6.19. The summed E-state index contributed by atoms with van der Waals surface area (Å²) < 4.78 is 1.10. The molecule has 1 aromatic heterocycles. The second-order valence-corrected chi connectivity index (χ2v) is 5.39. The van der Waals surface area contributed by atoms with E-state index in [0.29, 0.717) is 0 Å². The maximum atomic E-state index is 4.67. The Hall–Kier alpha value is -1.42. The van der Waals surface area contributed by atoms with Crippen molar-refractivity contribution >= 4 is 21.7 Å². The van der Waals surface area contributed by atoms with Crippen LogP contribution in [-0.4, -0.2) is 17.0 Å².